The van der Waals surface area contributed by atoms with Gasteiger partial charge in [0.25, 0.3) is 0 Å². The number of hydrogen-bond acceptors (Lipinski definition) is 8. The van der Waals surface area contributed by atoms with Crippen LogP contribution in [0.5, 0.6) is 0 Å². The zero-order valence-electron chi connectivity index (χ0n) is 20.7. The highest BCUT2D eigenvalue weighted by molar-refractivity contribution is 5.97. The third-order valence-corrected chi connectivity index (χ3v) is 5.01. The number of ether oxygens (including phenoxy) is 1. The summed E-state index contributed by atoms with van der Waals surface area (Å²) in [5.74, 6) is -5.68. The summed E-state index contributed by atoms with van der Waals surface area (Å²) < 4.78 is 5.05. The molecule has 0 aliphatic carbocycles. The summed E-state index contributed by atoms with van der Waals surface area (Å²) in [4.78, 5) is 85.5. The van der Waals surface area contributed by atoms with E-state index in [1.165, 1.54) is 6.92 Å². The van der Waals surface area contributed by atoms with Gasteiger partial charge in [-0.05, 0) is 40.5 Å². The third-order valence-electron chi connectivity index (χ3n) is 5.01. The number of carbonyl (C=O) groups is 7. The molecule has 1 aliphatic heterocycles. The van der Waals surface area contributed by atoms with Crippen molar-refractivity contribution in [1.82, 2.24) is 20.9 Å². The minimum absolute atomic E-state index is 0.123. The second kappa shape index (κ2) is 12.7. The molecule has 0 bridgehead atoms. The van der Waals surface area contributed by atoms with Crippen LogP contribution in [0.1, 0.15) is 53.4 Å². The van der Waals surface area contributed by atoms with E-state index in [4.69, 9.17) is 16.2 Å². The summed E-state index contributed by atoms with van der Waals surface area (Å²) in [6.07, 6.45) is -1.53. The zero-order chi connectivity index (χ0) is 27.8. The monoisotopic (exact) mass is 514 g/mol. The molecule has 0 radical (unpaired) electrons. The summed E-state index contributed by atoms with van der Waals surface area (Å²) in [7, 11) is 0. The molecular weight excluding hydrogens is 480 g/mol. The molecule has 36 heavy (non-hydrogen) atoms. The van der Waals surface area contributed by atoms with E-state index < -0.39 is 84.2 Å². The van der Waals surface area contributed by atoms with Gasteiger partial charge in [0, 0.05) is 6.54 Å². The predicted molar refractivity (Wildman–Crippen MR) is 123 cm³/mol. The molecular formula is C21H34N6O9. The number of hydrogen-bond donors (Lipinski definition) is 6. The van der Waals surface area contributed by atoms with Crippen molar-refractivity contribution in [2.45, 2.75) is 83.1 Å². The van der Waals surface area contributed by atoms with E-state index in [1.807, 2.05) is 0 Å². The Bertz CT molecular complexity index is 901. The molecule has 6 amide bonds. The second-order valence-corrected chi connectivity index (χ2v) is 9.36. The van der Waals surface area contributed by atoms with Crippen molar-refractivity contribution in [3.63, 3.8) is 0 Å². The molecule has 1 rings (SSSR count). The number of aliphatic carboxylic acids is 1. The maximum atomic E-state index is 12.9. The van der Waals surface area contributed by atoms with Gasteiger partial charge < -0.3 is 42.2 Å². The lowest BCUT2D eigenvalue weighted by Gasteiger charge is -2.28. The minimum atomic E-state index is -1.46. The van der Waals surface area contributed by atoms with Gasteiger partial charge in [-0.15, -0.1) is 0 Å². The molecule has 0 aromatic rings. The fraction of sp³-hybridized carbons (Fsp3) is 0.667. The van der Waals surface area contributed by atoms with Crippen molar-refractivity contribution >= 4 is 41.6 Å². The Hall–Kier alpha value is -3.91. The number of nitrogens with two attached hydrogens (primary N) is 2. The van der Waals surface area contributed by atoms with E-state index in [0.717, 1.165) is 4.90 Å². The summed E-state index contributed by atoms with van der Waals surface area (Å²) >= 11 is 0. The summed E-state index contributed by atoms with van der Waals surface area (Å²) in [6.45, 7) is 6.15. The van der Waals surface area contributed by atoms with E-state index >= 15 is 0 Å². The van der Waals surface area contributed by atoms with Crippen molar-refractivity contribution in [3.8, 4) is 0 Å². The number of nitrogens with zero attached hydrogens (tertiary/aromatic N) is 1. The largest absolute Gasteiger partial charge is 0.480 e. The van der Waals surface area contributed by atoms with E-state index in [-0.39, 0.29) is 13.0 Å². The van der Waals surface area contributed by atoms with Gasteiger partial charge in [0.1, 0.15) is 29.8 Å². The van der Waals surface area contributed by atoms with Gasteiger partial charge >= 0.3 is 12.1 Å². The molecule has 1 aliphatic rings. The molecule has 8 N–H and O–H groups in total. The molecule has 0 aromatic heterocycles. The number of primary amides is 2. The number of carboxylic acids is 1. The molecule has 0 aromatic carbocycles. The van der Waals surface area contributed by atoms with Crippen LogP contribution >= 0.6 is 0 Å². The Labute approximate surface area is 207 Å². The van der Waals surface area contributed by atoms with Crippen molar-refractivity contribution < 1.29 is 43.4 Å². The van der Waals surface area contributed by atoms with E-state index in [0.29, 0.717) is 6.42 Å². The zero-order valence-corrected chi connectivity index (χ0v) is 20.7. The number of nitrogens with one attached hydrogen (secondary N) is 3. The van der Waals surface area contributed by atoms with Crippen LogP contribution in [-0.4, -0.2) is 87.9 Å². The highest BCUT2D eigenvalue weighted by atomic mass is 16.6. The first-order valence-electron chi connectivity index (χ1n) is 11.2. The predicted octanol–water partition coefficient (Wildman–Crippen LogP) is -2.30. The maximum Gasteiger partial charge on any atom is 0.408 e. The standard InChI is InChI=1S/C21H34N6O9/c1-10(24-17(31)11(8-14(22)28)26-20(35)36-21(2,3)4)16(30)25-12(9-15(23)29)18(32)27-7-5-6-13(27)19(33)34/h10-13H,5-9H2,1-4H3,(H2,22,28)(H2,23,29)(H,24,31)(H,25,30)(H,26,35)(H,33,34). The molecule has 1 heterocycles. The Morgan fingerprint density at radius 3 is 2.00 bits per heavy atom. The number of amides is 6. The van der Waals surface area contributed by atoms with Gasteiger partial charge in [-0.2, -0.15) is 0 Å². The van der Waals surface area contributed by atoms with Crippen LogP contribution in [0.15, 0.2) is 0 Å². The van der Waals surface area contributed by atoms with Crippen LogP contribution in [-0.2, 0) is 33.5 Å². The van der Waals surface area contributed by atoms with Crippen LogP contribution in [0.25, 0.3) is 0 Å². The molecule has 4 atom stereocenters. The maximum absolute atomic E-state index is 12.9. The molecule has 0 spiro atoms. The smallest absolute Gasteiger partial charge is 0.408 e. The number of carboxylic acid groups (broad SMARTS) is 1. The minimum Gasteiger partial charge on any atom is -0.480 e. The quantitative estimate of drug-likeness (QED) is 0.173. The van der Waals surface area contributed by atoms with Crippen molar-refractivity contribution in [2.24, 2.45) is 11.5 Å². The number of likely N-dealkylation sites (tertiary alicyclic amines) is 1. The molecule has 0 saturated carbocycles. The first-order valence-corrected chi connectivity index (χ1v) is 11.2. The normalized spacial score (nSPS) is 17.8. The number of rotatable bonds is 11. The Balaban J connectivity index is 2.91. The topological polar surface area (TPSA) is 240 Å². The van der Waals surface area contributed by atoms with Crippen LogP contribution in [0.3, 0.4) is 0 Å². The van der Waals surface area contributed by atoms with E-state index in [2.05, 4.69) is 16.0 Å². The van der Waals surface area contributed by atoms with Crippen LogP contribution < -0.4 is 27.4 Å². The van der Waals surface area contributed by atoms with Crippen molar-refractivity contribution in [3.05, 3.63) is 0 Å². The SMILES string of the molecule is CC(NC(=O)C(CC(N)=O)NC(=O)OC(C)(C)C)C(=O)NC(CC(N)=O)C(=O)N1CCCC1C(=O)O. The Morgan fingerprint density at radius 2 is 1.50 bits per heavy atom. The lowest BCUT2D eigenvalue weighted by Crippen LogP contribution is -2.58. The first-order chi connectivity index (χ1) is 16.5. The first kappa shape index (κ1) is 30.1. The molecule has 202 valence electrons. The molecule has 1 saturated heterocycles. The van der Waals surface area contributed by atoms with Crippen LogP contribution in [0, 0.1) is 0 Å². The second-order valence-electron chi connectivity index (χ2n) is 9.36. The molecule has 15 heteroatoms. The van der Waals surface area contributed by atoms with Gasteiger partial charge in [-0.3, -0.25) is 24.0 Å². The van der Waals surface area contributed by atoms with Crippen molar-refractivity contribution in [1.29, 1.82) is 0 Å². The average Bonchev–Trinajstić information content (AvgIpc) is 3.20. The molecule has 15 nitrogen and oxygen atoms in total. The van der Waals surface area contributed by atoms with Gasteiger partial charge in [0.15, 0.2) is 0 Å². The summed E-state index contributed by atoms with van der Waals surface area (Å²) in [5, 5.41) is 16.1. The molecule has 4 unspecified atom stereocenters. The third kappa shape index (κ3) is 9.76. The highest BCUT2D eigenvalue weighted by Crippen LogP contribution is 2.19. The van der Waals surface area contributed by atoms with Gasteiger partial charge in [0.05, 0.1) is 12.8 Å². The van der Waals surface area contributed by atoms with E-state index in [9.17, 15) is 38.7 Å². The highest BCUT2D eigenvalue weighted by Gasteiger charge is 2.38. The van der Waals surface area contributed by atoms with Crippen LogP contribution in [0.4, 0.5) is 4.79 Å². The lowest BCUT2D eigenvalue weighted by atomic mass is 10.1. The van der Waals surface area contributed by atoms with Gasteiger partial charge in [-0.25, -0.2) is 9.59 Å². The fourth-order valence-corrected chi connectivity index (χ4v) is 3.43. The Kier molecular flexibility index (Phi) is 10.6. The number of alkyl carbamates (subject to hydrolysis) is 1. The number of carbonyl (C=O) groups excluding carboxylic acids is 6. The Morgan fingerprint density at radius 1 is 0.944 bits per heavy atom. The molecule has 1 fully saturated rings. The van der Waals surface area contributed by atoms with Gasteiger partial charge in [-0.1, -0.05) is 0 Å². The van der Waals surface area contributed by atoms with Crippen LogP contribution in [0.2, 0.25) is 0 Å². The van der Waals surface area contributed by atoms with Gasteiger partial charge in [0.2, 0.25) is 29.5 Å². The summed E-state index contributed by atoms with van der Waals surface area (Å²) in [6, 6.07) is -5.33. The van der Waals surface area contributed by atoms with E-state index in [1.54, 1.807) is 20.8 Å². The summed E-state index contributed by atoms with van der Waals surface area (Å²) in [5.41, 5.74) is 9.45. The fourth-order valence-electron chi connectivity index (χ4n) is 3.43. The average molecular weight is 515 g/mol. The lowest BCUT2D eigenvalue weighted by molar-refractivity contribution is -0.149. The van der Waals surface area contributed by atoms with Crippen molar-refractivity contribution in [2.75, 3.05) is 6.54 Å².